The lowest BCUT2D eigenvalue weighted by Gasteiger charge is -2.17. The SMILES string of the molecule is CCC(COC)Nc1ccc(CC(N)=O)cc1. The third-order valence-corrected chi connectivity index (χ3v) is 2.56. The summed E-state index contributed by atoms with van der Waals surface area (Å²) in [6.07, 6.45) is 1.28. The predicted octanol–water partition coefficient (Wildman–Crippen LogP) is 1.55. The summed E-state index contributed by atoms with van der Waals surface area (Å²) in [4.78, 5) is 10.8. The molecule has 1 aromatic rings. The fourth-order valence-electron chi connectivity index (χ4n) is 1.62. The Balaban J connectivity index is 2.57. The molecule has 1 aromatic carbocycles. The Labute approximate surface area is 102 Å². The molecule has 0 spiro atoms. The van der Waals surface area contributed by atoms with Gasteiger partial charge in [0.25, 0.3) is 0 Å². The maximum absolute atomic E-state index is 10.8. The summed E-state index contributed by atoms with van der Waals surface area (Å²) in [5.41, 5.74) is 7.10. The third kappa shape index (κ3) is 4.87. The molecule has 0 heterocycles. The Morgan fingerprint density at radius 2 is 2.06 bits per heavy atom. The number of anilines is 1. The van der Waals surface area contributed by atoms with Crippen LogP contribution in [-0.2, 0) is 16.0 Å². The van der Waals surface area contributed by atoms with Crippen molar-refractivity contribution >= 4 is 11.6 Å². The lowest BCUT2D eigenvalue weighted by Crippen LogP contribution is -2.23. The van der Waals surface area contributed by atoms with Crippen molar-refractivity contribution in [2.24, 2.45) is 5.73 Å². The van der Waals surface area contributed by atoms with Gasteiger partial charge in [0.05, 0.1) is 13.0 Å². The van der Waals surface area contributed by atoms with Gasteiger partial charge in [0, 0.05) is 18.8 Å². The van der Waals surface area contributed by atoms with Crippen LogP contribution in [0, 0.1) is 0 Å². The third-order valence-electron chi connectivity index (χ3n) is 2.56. The van der Waals surface area contributed by atoms with E-state index in [4.69, 9.17) is 10.5 Å². The molecule has 0 aliphatic heterocycles. The number of hydrogen-bond donors (Lipinski definition) is 2. The smallest absolute Gasteiger partial charge is 0.221 e. The van der Waals surface area contributed by atoms with E-state index in [2.05, 4.69) is 12.2 Å². The van der Waals surface area contributed by atoms with Gasteiger partial charge in [0.2, 0.25) is 5.91 Å². The molecule has 0 bridgehead atoms. The van der Waals surface area contributed by atoms with Crippen molar-refractivity contribution < 1.29 is 9.53 Å². The van der Waals surface area contributed by atoms with Crippen LogP contribution in [0.15, 0.2) is 24.3 Å². The van der Waals surface area contributed by atoms with Crippen LogP contribution in [0.1, 0.15) is 18.9 Å². The average Bonchev–Trinajstić information content (AvgIpc) is 2.30. The Hall–Kier alpha value is -1.55. The molecule has 0 saturated carbocycles. The van der Waals surface area contributed by atoms with Gasteiger partial charge in [0.15, 0.2) is 0 Å². The van der Waals surface area contributed by atoms with Crippen molar-refractivity contribution in [2.75, 3.05) is 19.0 Å². The number of nitrogens with one attached hydrogen (secondary N) is 1. The number of rotatable bonds is 7. The monoisotopic (exact) mass is 236 g/mol. The van der Waals surface area contributed by atoms with E-state index in [1.165, 1.54) is 0 Å². The molecule has 1 atom stereocenters. The summed E-state index contributed by atoms with van der Waals surface area (Å²) in [6.45, 7) is 2.79. The molecule has 4 heteroatoms. The van der Waals surface area contributed by atoms with Crippen LogP contribution >= 0.6 is 0 Å². The molecule has 0 aliphatic carbocycles. The van der Waals surface area contributed by atoms with E-state index in [-0.39, 0.29) is 12.3 Å². The summed E-state index contributed by atoms with van der Waals surface area (Å²) in [5, 5.41) is 3.37. The molecule has 3 N–H and O–H groups in total. The van der Waals surface area contributed by atoms with Gasteiger partial charge in [0.1, 0.15) is 0 Å². The van der Waals surface area contributed by atoms with Crippen molar-refractivity contribution in [1.82, 2.24) is 0 Å². The fourth-order valence-corrected chi connectivity index (χ4v) is 1.62. The average molecular weight is 236 g/mol. The molecule has 0 saturated heterocycles. The maximum atomic E-state index is 10.8. The minimum atomic E-state index is -0.309. The van der Waals surface area contributed by atoms with E-state index in [0.717, 1.165) is 17.7 Å². The standard InChI is InChI=1S/C13H20N2O2/c1-3-11(9-17-2)15-12-6-4-10(5-7-12)8-13(14)16/h4-7,11,15H,3,8-9H2,1-2H3,(H2,14,16). The molecule has 1 rings (SSSR count). The van der Waals surface area contributed by atoms with Crippen LogP contribution in [0.5, 0.6) is 0 Å². The number of amides is 1. The summed E-state index contributed by atoms with van der Waals surface area (Å²) in [5.74, 6) is -0.309. The predicted molar refractivity (Wildman–Crippen MR) is 68.9 cm³/mol. The molecule has 94 valence electrons. The van der Waals surface area contributed by atoms with Crippen LogP contribution in [0.4, 0.5) is 5.69 Å². The molecule has 1 unspecified atom stereocenters. The first kappa shape index (κ1) is 13.5. The molecule has 0 aromatic heterocycles. The normalized spacial score (nSPS) is 12.1. The summed E-state index contributed by atoms with van der Waals surface area (Å²) >= 11 is 0. The van der Waals surface area contributed by atoms with Crippen LogP contribution in [0.3, 0.4) is 0 Å². The Bertz CT molecular complexity index is 349. The van der Waals surface area contributed by atoms with Gasteiger partial charge in [-0.1, -0.05) is 19.1 Å². The zero-order valence-electron chi connectivity index (χ0n) is 10.4. The molecule has 17 heavy (non-hydrogen) atoms. The number of methoxy groups -OCH3 is 1. The number of hydrogen-bond acceptors (Lipinski definition) is 3. The lowest BCUT2D eigenvalue weighted by molar-refractivity contribution is -0.117. The van der Waals surface area contributed by atoms with E-state index in [1.807, 2.05) is 24.3 Å². The lowest BCUT2D eigenvalue weighted by atomic mass is 10.1. The minimum Gasteiger partial charge on any atom is -0.383 e. The van der Waals surface area contributed by atoms with Crippen molar-refractivity contribution in [3.8, 4) is 0 Å². The van der Waals surface area contributed by atoms with E-state index in [9.17, 15) is 4.79 Å². The zero-order valence-corrected chi connectivity index (χ0v) is 10.4. The first-order valence-corrected chi connectivity index (χ1v) is 5.78. The number of carbonyl (C=O) groups is 1. The number of carbonyl (C=O) groups excluding carboxylic acids is 1. The van der Waals surface area contributed by atoms with Crippen molar-refractivity contribution in [2.45, 2.75) is 25.8 Å². The van der Waals surface area contributed by atoms with E-state index >= 15 is 0 Å². The van der Waals surface area contributed by atoms with Gasteiger partial charge in [-0.15, -0.1) is 0 Å². The first-order chi connectivity index (χ1) is 8.15. The quantitative estimate of drug-likeness (QED) is 0.755. The molecular formula is C13H20N2O2. The van der Waals surface area contributed by atoms with E-state index in [0.29, 0.717) is 12.6 Å². The Kier molecular flexibility index (Phi) is 5.49. The van der Waals surface area contributed by atoms with Gasteiger partial charge < -0.3 is 15.8 Å². The largest absolute Gasteiger partial charge is 0.383 e. The highest BCUT2D eigenvalue weighted by Crippen LogP contribution is 2.12. The Morgan fingerprint density at radius 1 is 1.41 bits per heavy atom. The number of benzene rings is 1. The van der Waals surface area contributed by atoms with Gasteiger partial charge in [-0.05, 0) is 24.1 Å². The highest BCUT2D eigenvalue weighted by molar-refractivity contribution is 5.76. The maximum Gasteiger partial charge on any atom is 0.221 e. The summed E-state index contributed by atoms with van der Waals surface area (Å²) < 4.78 is 5.12. The van der Waals surface area contributed by atoms with Crippen molar-refractivity contribution in [3.05, 3.63) is 29.8 Å². The summed E-state index contributed by atoms with van der Waals surface area (Å²) in [7, 11) is 1.69. The van der Waals surface area contributed by atoms with Crippen LogP contribution in [0.2, 0.25) is 0 Å². The van der Waals surface area contributed by atoms with Crippen LogP contribution in [-0.4, -0.2) is 25.7 Å². The van der Waals surface area contributed by atoms with Crippen LogP contribution in [0.25, 0.3) is 0 Å². The molecule has 1 amide bonds. The van der Waals surface area contributed by atoms with Gasteiger partial charge in [-0.3, -0.25) is 4.79 Å². The first-order valence-electron chi connectivity index (χ1n) is 5.78. The highest BCUT2D eigenvalue weighted by atomic mass is 16.5. The number of nitrogens with two attached hydrogens (primary N) is 1. The van der Waals surface area contributed by atoms with Crippen molar-refractivity contribution in [1.29, 1.82) is 0 Å². The van der Waals surface area contributed by atoms with Crippen LogP contribution < -0.4 is 11.1 Å². The summed E-state index contributed by atoms with van der Waals surface area (Å²) in [6, 6.07) is 8.04. The second kappa shape index (κ2) is 6.91. The minimum absolute atomic E-state index is 0.287. The van der Waals surface area contributed by atoms with Gasteiger partial charge in [-0.25, -0.2) is 0 Å². The molecule has 0 fully saturated rings. The second-order valence-electron chi connectivity index (χ2n) is 4.04. The molecule has 4 nitrogen and oxygen atoms in total. The Morgan fingerprint density at radius 3 is 2.53 bits per heavy atom. The van der Waals surface area contributed by atoms with Gasteiger partial charge >= 0.3 is 0 Å². The van der Waals surface area contributed by atoms with E-state index in [1.54, 1.807) is 7.11 Å². The van der Waals surface area contributed by atoms with Gasteiger partial charge in [-0.2, -0.15) is 0 Å². The number of primary amides is 1. The number of ether oxygens (including phenoxy) is 1. The molecular weight excluding hydrogens is 216 g/mol. The fraction of sp³-hybridized carbons (Fsp3) is 0.462. The van der Waals surface area contributed by atoms with E-state index < -0.39 is 0 Å². The zero-order chi connectivity index (χ0) is 12.7. The highest BCUT2D eigenvalue weighted by Gasteiger charge is 2.05. The molecule has 0 radical (unpaired) electrons. The second-order valence-corrected chi connectivity index (χ2v) is 4.04. The van der Waals surface area contributed by atoms with Crippen molar-refractivity contribution in [3.63, 3.8) is 0 Å². The topological polar surface area (TPSA) is 64.3 Å². The molecule has 0 aliphatic rings.